The number of benzene rings is 1. The maximum atomic E-state index is 12.2. The lowest BCUT2D eigenvalue weighted by Gasteiger charge is -2.18. The quantitative estimate of drug-likeness (QED) is 0.821. The van der Waals surface area contributed by atoms with Crippen molar-refractivity contribution in [1.82, 2.24) is 5.32 Å². The van der Waals surface area contributed by atoms with Crippen molar-refractivity contribution in [2.45, 2.75) is 25.8 Å². The van der Waals surface area contributed by atoms with Gasteiger partial charge in [-0.15, -0.1) is 0 Å². The second-order valence-corrected chi connectivity index (χ2v) is 5.24. The minimum absolute atomic E-state index is 0.0300. The van der Waals surface area contributed by atoms with Crippen LogP contribution in [0.1, 0.15) is 18.9 Å². The van der Waals surface area contributed by atoms with Crippen LogP contribution in [0.2, 0.25) is 5.02 Å². The molecule has 0 fully saturated rings. The summed E-state index contributed by atoms with van der Waals surface area (Å²) in [4.78, 5) is 25.5. The molecule has 2 N–H and O–H groups in total. The topological polar surface area (TPSA) is 69.6 Å². The molecular formula is C14H17ClN2O3. The van der Waals surface area contributed by atoms with Gasteiger partial charge >= 0.3 is 11.8 Å². The van der Waals surface area contributed by atoms with Crippen LogP contribution >= 0.6 is 11.6 Å². The molecule has 20 heavy (non-hydrogen) atoms. The molecule has 0 spiro atoms. The Kier molecular flexibility index (Phi) is 4.62. The number of anilines is 1. The first kappa shape index (κ1) is 14.8. The number of nitrogens with one attached hydrogen (secondary N) is 1. The monoisotopic (exact) mass is 296 g/mol. The highest BCUT2D eigenvalue weighted by atomic mass is 35.5. The average molecular weight is 297 g/mol. The van der Waals surface area contributed by atoms with E-state index < -0.39 is 11.8 Å². The number of carbonyl (C=O) groups is 2. The van der Waals surface area contributed by atoms with Crippen LogP contribution in [0.4, 0.5) is 5.69 Å². The summed E-state index contributed by atoms with van der Waals surface area (Å²) in [5, 5.41) is 12.0. The summed E-state index contributed by atoms with van der Waals surface area (Å²) in [5.41, 5.74) is 1.60. The van der Waals surface area contributed by atoms with Gasteiger partial charge in [0.15, 0.2) is 0 Å². The number of aliphatic hydroxyl groups is 1. The SMILES string of the molecule is C[C@H](CCO)NC(=O)C(=O)N1CCc2c(Cl)cccc21. The summed E-state index contributed by atoms with van der Waals surface area (Å²) >= 11 is 6.08. The first-order valence-electron chi connectivity index (χ1n) is 6.55. The first-order valence-corrected chi connectivity index (χ1v) is 6.93. The molecule has 6 heteroatoms. The average Bonchev–Trinajstić information content (AvgIpc) is 2.83. The van der Waals surface area contributed by atoms with Crippen LogP contribution in [0.5, 0.6) is 0 Å². The third-order valence-corrected chi connectivity index (χ3v) is 3.70. The number of rotatable bonds is 3. The van der Waals surface area contributed by atoms with Crippen molar-refractivity contribution in [3.05, 3.63) is 28.8 Å². The molecule has 2 amide bonds. The fourth-order valence-corrected chi connectivity index (χ4v) is 2.54. The minimum atomic E-state index is -0.654. The summed E-state index contributed by atoms with van der Waals surface area (Å²) in [7, 11) is 0. The molecule has 5 nitrogen and oxygen atoms in total. The standard InChI is InChI=1S/C14H17ClN2O3/c1-9(6-8-18)16-13(19)14(20)17-7-5-10-11(15)3-2-4-12(10)17/h2-4,9,18H,5-8H2,1H3,(H,16,19)/t9-/m1/s1. The molecule has 0 aliphatic carbocycles. The lowest BCUT2D eigenvalue weighted by Crippen LogP contribution is -2.45. The third-order valence-electron chi connectivity index (χ3n) is 3.35. The molecule has 0 radical (unpaired) electrons. The highest BCUT2D eigenvalue weighted by molar-refractivity contribution is 6.41. The van der Waals surface area contributed by atoms with Crippen molar-refractivity contribution in [2.75, 3.05) is 18.1 Å². The zero-order valence-electron chi connectivity index (χ0n) is 11.2. The van der Waals surface area contributed by atoms with Gasteiger partial charge in [0.05, 0.1) is 0 Å². The van der Waals surface area contributed by atoms with Crippen LogP contribution in [0.25, 0.3) is 0 Å². The lowest BCUT2D eigenvalue weighted by atomic mass is 10.2. The lowest BCUT2D eigenvalue weighted by molar-refractivity contribution is -0.138. The van der Waals surface area contributed by atoms with E-state index in [1.807, 2.05) is 0 Å². The molecule has 0 unspecified atom stereocenters. The maximum Gasteiger partial charge on any atom is 0.316 e. The molecule has 0 saturated carbocycles. The third kappa shape index (κ3) is 2.94. The second-order valence-electron chi connectivity index (χ2n) is 4.83. The molecule has 108 valence electrons. The summed E-state index contributed by atoms with van der Waals surface area (Å²) in [6.07, 6.45) is 1.07. The van der Waals surface area contributed by atoms with Crippen molar-refractivity contribution in [1.29, 1.82) is 0 Å². The van der Waals surface area contributed by atoms with Gasteiger partial charge in [0.25, 0.3) is 0 Å². The normalized spacial score (nSPS) is 14.8. The van der Waals surface area contributed by atoms with Crippen molar-refractivity contribution >= 4 is 29.1 Å². The first-order chi connectivity index (χ1) is 9.54. The van der Waals surface area contributed by atoms with Crippen LogP contribution in [-0.4, -0.2) is 36.1 Å². The second kappa shape index (κ2) is 6.24. The van der Waals surface area contributed by atoms with E-state index in [1.165, 1.54) is 4.90 Å². The van der Waals surface area contributed by atoms with Crippen molar-refractivity contribution in [2.24, 2.45) is 0 Å². The number of aliphatic hydroxyl groups excluding tert-OH is 1. The van der Waals surface area contributed by atoms with Gasteiger partial charge in [0, 0.05) is 29.9 Å². The smallest absolute Gasteiger partial charge is 0.316 e. The Morgan fingerprint density at radius 1 is 1.50 bits per heavy atom. The molecule has 0 saturated heterocycles. The van der Waals surface area contributed by atoms with E-state index in [9.17, 15) is 9.59 Å². The van der Waals surface area contributed by atoms with Crippen LogP contribution in [0.15, 0.2) is 18.2 Å². The predicted molar refractivity (Wildman–Crippen MR) is 76.8 cm³/mol. The fraction of sp³-hybridized carbons (Fsp3) is 0.429. The molecule has 0 bridgehead atoms. The van der Waals surface area contributed by atoms with Crippen LogP contribution in [0, 0.1) is 0 Å². The van der Waals surface area contributed by atoms with Crippen LogP contribution in [-0.2, 0) is 16.0 Å². The zero-order valence-corrected chi connectivity index (χ0v) is 12.0. The largest absolute Gasteiger partial charge is 0.396 e. The number of hydrogen-bond acceptors (Lipinski definition) is 3. The van der Waals surface area contributed by atoms with E-state index in [0.29, 0.717) is 30.1 Å². The molecule has 1 heterocycles. The Morgan fingerprint density at radius 3 is 2.95 bits per heavy atom. The van der Waals surface area contributed by atoms with E-state index in [-0.39, 0.29) is 12.6 Å². The molecule has 1 aliphatic rings. The minimum Gasteiger partial charge on any atom is -0.396 e. The van der Waals surface area contributed by atoms with Crippen LogP contribution in [0.3, 0.4) is 0 Å². The molecule has 1 aromatic rings. The summed E-state index contributed by atoms with van der Waals surface area (Å²) in [6, 6.07) is 5.09. The number of amides is 2. The Morgan fingerprint density at radius 2 is 2.25 bits per heavy atom. The van der Waals surface area contributed by atoms with E-state index in [0.717, 1.165) is 5.56 Å². The number of halogens is 1. The highest BCUT2D eigenvalue weighted by Gasteiger charge is 2.30. The molecule has 2 rings (SSSR count). The Labute approximate surface area is 122 Å². The zero-order chi connectivity index (χ0) is 14.7. The van der Waals surface area contributed by atoms with Crippen molar-refractivity contribution in [3.8, 4) is 0 Å². The fourth-order valence-electron chi connectivity index (χ4n) is 2.28. The molecular weight excluding hydrogens is 280 g/mol. The van der Waals surface area contributed by atoms with Gasteiger partial charge in [-0.3, -0.25) is 9.59 Å². The Balaban J connectivity index is 2.09. The summed E-state index contributed by atoms with van der Waals surface area (Å²) in [5.74, 6) is -1.24. The number of fused-ring (bicyclic) bond motifs is 1. The van der Waals surface area contributed by atoms with E-state index >= 15 is 0 Å². The van der Waals surface area contributed by atoms with Gasteiger partial charge in [-0.05, 0) is 37.5 Å². The predicted octanol–water partition coefficient (Wildman–Crippen LogP) is 1.12. The van der Waals surface area contributed by atoms with Gasteiger partial charge in [-0.2, -0.15) is 0 Å². The Bertz CT molecular complexity index is 533. The summed E-state index contributed by atoms with van der Waals surface area (Å²) < 4.78 is 0. The van der Waals surface area contributed by atoms with Gasteiger partial charge < -0.3 is 15.3 Å². The number of hydrogen-bond donors (Lipinski definition) is 2. The number of carbonyl (C=O) groups excluding carboxylic acids is 2. The highest BCUT2D eigenvalue weighted by Crippen LogP contribution is 2.33. The van der Waals surface area contributed by atoms with E-state index in [1.54, 1.807) is 25.1 Å². The van der Waals surface area contributed by atoms with Crippen molar-refractivity contribution < 1.29 is 14.7 Å². The summed E-state index contributed by atoms with van der Waals surface area (Å²) in [6.45, 7) is 2.17. The molecule has 0 aromatic heterocycles. The molecule has 1 atom stereocenters. The molecule has 1 aromatic carbocycles. The van der Waals surface area contributed by atoms with Gasteiger partial charge in [0.1, 0.15) is 0 Å². The van der Waals surface area contributed by atoms with E-state index in [4.69, 9.17) is 16.7 Å². The Hall–Kier alpha value is -1.59. The van der Waals surface area contributed by atoms with E-state index in [2.05, 4.69) is 5.32 Å². The van der Waals surface area contributed by atoms with Gasteiger partial charge in [0.2, 0.25) is 0 Å². The molecule has 1 aliphatic heterocycles. The number of nitrogens with zero attached hydrogens (tertiary/aromatic N) is 1. The maximum absolute atomic E-state index is 12.2. The van der Waals surface area contributed by atoms with Gasteiger partial charge in [-0.25, -0.2) is 0 Å². The van der Waals surface area contributed by atoms with Crippen molar-refractivity contribution in [3.63, 3.8) is 0 Å². The van der Waals surface area contributed by atoms with Crippen LogP contribution < -0.4 is 10.2 Å². The van der Waals surface area contributed by atoms with Gasteiger partial charge in [-0.1, -0.05) is 17.7 Å².